The van der Waals surface area contributed by atoms with Crippen molar-refractivity contribution < 1.29 is 23.9 Å². The van der Waals surface area contributed by atoms with E-state index in [1.165, 1.54) is 7.11 Å². The van der Waals surface area contributed by atoms with Gasteiger partial charge in [-0.25, -0.2) is 9.78 Å². The van der Waals surface area contributed by atoms with Crippen molar-refractivity contribution in [1.29, 1.82) is 0 Å². The summed E-state index contributed by atoms with van der Waals surface area (Å²) < 4.78 is 10.9. The molecule has 0 radical (unpaired) electrons. The van der Waals surface area contributed by atoms with Crippen molar-refractivity contribution in [2.75, 3.05) is 18.6 Å². The molecule has 4 aromatic rings. The molecular formula is C34H31Cl2N3O5. The zero-order valence-corrected chi connectivity index (χ0v) is 25.6. The van der Waals surface area contributed by atoms with Gasteiger partial charge in [0, 0.05) is 30.1 Å². The van der Waals surface area contributed by atoms with Gasteiger partial charge < -0.3 is 14.8 Å². The number of carbonyl (C=O) groups excluding carboxylic acids is 3. The van der Waals surface area contributed by atoms with Crippen molar-refractivity contribution >= 4 is 46.8 Å². The van der Waals surface area contributed by atoms with E-state index in [1.807, 2.05) is 60.7 Å². The quantitative estimate of drug-likeness (QED) is 0.183. The lowest BCUT2D eigenvalue weighted by Gasteiger charge is -2.22. The van der Waals surface area contributed by atoms with Crippen LogP contribution in [0.2, 0.25) is 10.0 Å². The van der Waals surface area contributed by atoms with Gasteiger partial charge in [0.25, 0.3) is 11.8 Å². The predicted octanol–water partition coefficient (Wildman–Crippen LogP) is 6.33. The minimum absolute atomic E-state index is 0.0456. The first-order chi connectivity index (χ1) is 21.3. The summed E-state index contributed by atoms with van der Waals surface area (Å²) in [6.07, 6.45) is 2.67. The van der Waals surface area contributed by atoms with E-state index >= 15 is 0 Å². The standard InChI is InChI=1S/C34H31Cl2N3O5/c1-43-34(42)29(38-32(40)31-27(35)10-6-11-28(31)36)21-22-13-17-26(18-14-22)44-20-19-24-9-5-12-30(37-24)39(25-15-16-25)33(41)23-7-3-2-4-8-23/h2-14,17-18,25,29H,15-16,19-21H2,1H3,(H,38,40)/t29-/m0/s1. The van der Waals surface area contributed by atoms with Crippen LogP contribution in [0.1, 0.15) is 44.8 Å². The van der Waals surface area contributed by atoms with Crippen LogP contribution in [0.5, 0.6) is 5.75 Å². The number of nitrogens with one attached hydrogen (secondary N) is 1. The molecule has 5 rings (SSSR count). The van der Waals surface area contributed by atoms with Gasteiger partial charge in [-0.1, -0.05) is 65.7 Å². The number of rotatable bonds is 12. The van der Waals surface area contributed by atoms with Crippen molar-refractivity contribution in [3.05, 3.63) is 123 Å². The molecule has 1 aliphatic rings. The first-order valence-electron chi connectivity index (χ1n) is 14.2. The van der Waals surface area contributed by atoms with Crippen LogP contribution in [-0.4, -0.2) is 48.6 Å². The maximum atomic E-state index is 13.2. The Morgan fingerprint density at radius 3 is 2.25 bits per heavy atom. The van der Waals surface area contributed by atoms with Crippen LogP contribution in [0.15, 0.2) is 91.0 Å². The Morgan fingerprint density at radius 2 is 1.59 bits per heavy atom. The number of ether oxygens (including phenoxy) is 2. The smallest absolute Gasteiger partial charge is 0.328 e. The van der Waals surface area contributed by atoms with Crippen LogP contribution >= 0.6 is 23.2 Å². The van der Waals surface area contributed by atoms with Gasteiger partial charge in [-0.05, 0) is 66.9 Å². The van der Waals surface area contributed by atoms with E-state index < -0.39 is 17.9 Å². The molecule has 1 N–H and O–H groups in total. The number of amides is 2. The number of pyridine rings is 1. The van der Waals surface area contributed by atoms with Gasteiger partial charge in [0.1, 0.15) is 17.6 Å². The van der Waals surface area contributed by atoms with Crippen molar-refractivity contribution in [3.63, 3.8) is 0 Å². The van der Waals surface area contributed by atoms with E-state index in [1.54, 1.807) is 35.2 Å². The van der Waals surface area contributed by atoms with Crippen molar-refractivity contribution in [2.24, 2.45) is 0 Å². The normalized spacial score (nSPS) is 13.1. The largest absolute Gasteiger partial charge is 0.493 e. The molecular weight excluding hydrogens is 601 g/mol. The molecule has 0 saturated heterocycles. The molecule has 44 heavy (non-hydrogen) atoms. The van der Waals surface area contributed by atoms with Gasteiger partial charge in [0.05, 0.1) is 29.3 Å². The third-order valence-corrected chi connectivity index (χ3v) is 7.79. The van der Waals surface area contributed by atoms with Gasteiger partial charge in [-0.3, -0.25) is 14.5 Å². The zero-order chi connectivity index (χ0) is 31.1. The molecule has 0 spiro atoms. The van der Waals surface area contributed by atoms with Gasteiger partial charge in [-0.2, -0.15) is 0 Å². The number of benzene rings is 3. The molecule has 1 atom stereocenters. The van der Waals surface area contributed by atoms with Gasteiger partial charge in [-0.15, -0.1) is 0 Å². The van der Waals surface area contributed by atoms with E-state index in [2.05, 4.69) is 5.32 Å². The predicted molar refractivity (Wildman–Crippen MR) is 170 cm³/mol. The number of hydrogen-bond donors (Lipinski definition) is 1. The van der Waals surface area contributed by atoms with Gasteiger partial charge in [0.15, 0.2) is 0 Å². The fourth-order valence-electron chi connectivity index (χ4n) is 4.76. The number of methoxy groups -OCH3 is 1. The molecule has 0 bridgehead atoms. The van der Waals surface area contributed by atoms with E-state index in [9.17, 15) is 14.4 Å². The summed E-state index contributed by atoms with van der Waals surface area (Å²) in [6.45, 7) is 0.380. The highest BCUT2D eigenvalue weighted by molar-refractivity contribution is 6.39. The summed E-state index contributed by atoms with van der Waals surface area (Å²) in [5.74, 6) is 0.0777. The number of hydrogen-bond acceptors (Lipinski definition) is 6. The molecule has 3 aromatic carbocycles. The zero-order valence-electron chi connectivity index (χ0n) is 24.0. The summed E-state index contributed by atoms with van der Waals surface area (Å²) in [7, 11) is 1.26. The topological polar surface area (TPSA) is 97.8 Å². The Morgan fingerprint density at radius 1 is 0.909 bits per heavy atom. The maximum Gasteiger partial charge on any atom is 0.328 e. The summed E-state index contributed by atoms with van der Waals surface area (Å²) in [4.78, 5) is 45.1. The third-order valence-electron chi connectivity index (χ3n) is 7.16. The van der Waals surface area contributed by atoms with Crippen LogP contribution in [-0.2, 0) is 22.4 Å². The molecule has 0 aliphatic heterocycles. The Bertz CT molecular complexity index is 1610. The van der Waals surface area contributed by atoms with E-state index in [0.29, 0.717) is 30.2 Å². The van der Waals surface area contributed by atoms with Crippen LogP contribution in [0, 0.1) is 0 Å². The molecule has 1 saturated carbocycles. The first kappa shape index (κ1) is 31.0. The SMILES string of the molecule is COC(=O)[C@H](Cc1ccc(OCCc2cccc(N(C(=O)c3ccccc3)C3CC3)n2)cc1)NC(=O)c1c(Cl)cccc1Cl. The molecule has 0 unspecified atom stereocenters. The average Bonchev–Trinajstić information content (AvgIpc) is 3.87. The van der Waals surface area contributed by atoms with E-state index in [0.717, 1.165) is 24.1 Å². The molecule has 10 heteroatoms. The highest BCUT2D eigenvalue weighted by Crippen LogP contribution is 2.32. The first-order valence-corrected chi connectivity index (χ1v) is 15.0. The number of anilines is 1. The van der Waals surface area contributed by atoms with E-state index in [-0.39, 0.29) is 34.0 Å². The van der Waals surface area contributed by atoms with Crippen LogP contribution in [0.4, 0.5) is 5.82 Å². The number of halogens is 2. The second kappa shape index (κ2) is 14.4. The molecule has 1 heterocycles. The fraction of sp³-hybridized carbons (Fsp3) is 0.235. The number of esters is 1. The van der Waals surface area contributed by atoms with Crippen LogP contribution < -0.4 is 15.0 Å². The number of nitrogens with zero attached hydrogens (tertiary/aromatic N) is 2. The molecule has 8 nitrogen and oxygen atoms in total. The Balaban J connectivity index is 1.18. The van der Waals surface area contributed by atoms with E-state index in [4.69, 9.17) is 37.7 Å². The lowest BCUT2D eigenvalue weighted by atomic mass is 10.0. The van der Waals surface area contributed by atoms with Gasteiger partial charge >= 0.3 is 5.97 Å². The van der Waals surface area contributed by atoms with Gasteiger partial charge in [0.2, 0.25) is 0 Å². The minimum Gasteiger partial charge on any atom is -0.493 e. The highest BCUT2D eigenvalue weighted by Gasteiger charge is 2.35. The summed E-state index contributed by atoms with van der Waals surface area (Å²) in [5.41, 5.74) is 2.34. The van der Waals surface area contributed by atoms with Crippen LogP contribution in [0.25, 0.3) is 0 Å². The lowest BCUT2D eigenvalue weighted by Crippen LogP contribution is -2.43. The van der Waals surface area contributed by atoms with Crippen LogP contribution in [0.3, 0.4) is 0 Å². The van der Waals surface area contributed by atoms with Crippen molar-refractivity contribution in [3.8, 4) is 5.75 Å². The van der Waals surface area contributed by atoms with Crippen molar-refractivity contribution in [1.82, 2.24) is 10.3 Å². The fourth-order valence-corrected chi connectivity index (χ4v) is 5.33. The van der Waals surface area contributed by atoms with Crippen molar-refractivity contribution in [2.45, 2.75) is 37.8 Å². The number of carbonyl (C=O) groups is 3. The summed E-state index contributed by atoms with van der Waals surface area (Å²) >= 11 is 12.3. The summed E-state index contributed by atoms with van der Waals surface area (Å²) in [5, 5.41) is 3.04. The Hall–Kier alpha value is -4.40. The number of aromatic nitrogens is 1. The molecule has 226 valence electrons. The lowest BCUT2D eigenvalue weighted by molar-refractivity contribution is -0.142. The molecule has 1 aliphatic carbocycles. The molecule has 1 fully saturated rings. The highest BCUT2D eigenvalue weighted by atomic mass is 35.5. The Kier molecular flexibility index (Phi) is 10.1. The third kappa shape index (κ3) is 7.75. The average molecular weight is 633 g/mol. The molecule has 1 aromatic heterocycles. The molecule has 2 amide bonds. The second-order valence-electron chi connectivity index (χ2n) is 10.4. The monoisotopic (exact) mass is 631 g/mol. The maximum absolute atomic E-state index is 13.2. The minimum atomic E-state index is -0.950. The summed E-state index contributed by atoms with van der Waals surface area (Å²) in [6, 6.07) is 26.2. The second-order valence-corrected chi connectivity index (χ2v) is 11.2. The Labute approximate surface area is 265 Å².